The van der Waals surface area contributed by atoms with E-state index in [1.165, 1.54) is 0 Å². The van der Waals surface area contributed by atoms with Crippen molar-refractivity contribution < 1.29 is 35.8 Å². The van der Waals surface area contributed by atoms with Crippen molar-refractivity contribution in [3.05, 3.63) is 0 Å². The molecule has 0 amide bonds. The highest BCUT2D eigenvalue weighted by Gasteiger charge is 2.81. The minimum Gasteiger partial charge on any atom is -0.345 e. The van der Waals surface area contributed by atoms with E-state index in [2.05, 4.69) is 9.47 Å². The number of halogens is 6. The van der Waals surface area contributed by atoms with Crippen LogP contribution in [0.4, 0.5) is 26.3 Å². The molecule has 0 aromatic heterocycles. The first-order valence-electron chi connectivity index (χ1n) is 3.97. The second-order valence-electron chi connectivity index (χ2n) is 3.19. The maximum Gasteiger partial charge on any atom is 0.412 e. The molecule has 1 aliphatic heterocycles. The first-order chi connectivity index (χ1) is 7.04. The summed E-state index contributed by atoms with van der Waals surface area (Å²) in [6.07, 6.45) is -12.1. The fourth-order valence-electron chi connectivity index (χ4n) is 1.35. The van der Waals surface area contributed by atoms with E-state index in [9.17, 15) is 26.3 Å². The third-order valence-electron chi connectivity index (χ3n) is 2.33. The maximum atomic E-state index is 12.4. The highest BCUT2D eigenvalue weighted by molar-refractivity contribution is 8.03. The van der Waals surface area contributed by atoms with E-state index in [-0.39, 0.29) is 0 Å². The van der Waals surface area contributed by atoms with Gasteiger partial charge in [-0.25, -0.2) is 0 Å². The van der Waals surface area contributed by atoms with Crippen molar-refractivity contribution in [2.24, 2.45) is 0 Å². The molecule has 1 fully saturated rings. The highest BCUT2D eigenvalue weighted by Crippen LogP contribution is 2.68. The van der Waals surface area contributed by atoms with Crippen LogP contribution in [0, 0.1) is 0 Å². The molecule has 9 heteroatoms. The molecular formula is C7H8F6O2S. The first kappa shape index (κ1) is 13.9. The molecule has 1 rings (SSSR count). The summed E-state index contributed by atoms with van der Waals surface area (Å²) in [7, 11) is 1.99. The summed E-state index contributed by atoms with van der Waals surface area (Å²) < 4.78 is 79.7. The second-order valence-corrected chi connectivity index (χ2v) is 4.72. The predicted octanol–water partition coefficient (Wildman–Crippen LogP) is 2.93. The van der Waals surface area contributed by atoms with Crippen LogP contribution >= 0.6 is 11.8 Å². The number of alkyl halides is 6. The van der Waals surface area contributed by atoms with Gasteiger partial charge < -0.3 is 9.47 Å². The van der Waals surface area contributed by atoms with Gasteiger partial charge in [0.25, 0.3) is 0 Å². The van der Waals surface area contributed by atoms with Gasteiger partial charge in [-0.05, 0) is 0 Å². The number of ether oxygens (including phenoxy) is 2. The average molecular weight is 270 g/mol. The van der Waals surface area contributed by atoms with Crippen LogP contribution in [-0.2, 0) is 9.47 Å². The zero-order chi connectivity index (χ0) is 12.8. The lowest BCUT2D eigenvalue weighted by molar-refractivity contribution is -0.301. The Hall–Kier alpha value is -0.150. The molecule has 0 spiro atoms. The van der Waals surface area contributed by atoms with E-state index >= 15 is 0 Å². The third kappa shape index (κ3) is 1.78. The summed E-state index contributed by atoms with van der Waals surface area (Å²) in [4.78, 5) is 0. The van der Waals surface area contributed by atoms with Crippen molar-refractivity contribution in [2.45, 2.75) is 28.6 Å². The lowest BCUT2D eigenvalue weighted by Gasteiger charge is -2.53. The van der Waals surface area contributed by atoms with Gasteiger partial charge in [-0.15, -0.1) is 0 Å². The minimum absolute atomic E-state index is 0.412. The molecule has 0 aromatic carbocycles. The Balaban J connectivity index is 3.00. The Morgan fingerprint density at radius 3 is 1.44 bits per heavy atom. The lowest BCUT2D eigenvalue weighted by atomic mass is 10.0. The van der Waals surface area contributed by atoms with Crippen molar-refractivity contribution in [1.82, 2.24) is 0 Å². The third-order valence-corrected chi connectivity index (χ3v) is 4.08. The van der Waals surface area contributed by atoms with Gasteiger partial charge in [0.15, 0.2) is 0 Å². The molecule has 0 saturated carbocycles. The van der Waals surface area contributed by atoms with Crippen molar-refractivity contribution in [1.29, 1.82) is 0 Å². The zero-order valence-electron chi connectivity index (χ0n) is 8.20. The van der Waals surface area contributed by atoms with Crippen LogP contribution in [0.2, 0.25) is 0 Å². The highest BCUT2D eigenvalue weighted by atomic mass is 32.2. The standard InChI is InChI=1S/C7H8F6O2S/c1-14-5(15-2)3-4(16-5,6(8,9)10)7(11,12)13/h3H2,1-2H3. The van der Waals surface area contributed by atoms with Gasteiger partial charge in [-0.2, -0.15) is 26.3 Å². The molecule has 0 aromatic rings. The monoisotopic (exact) mass is 270 g/mol. The van der Waals surface area contributed by atoms with Gasteiger partial charge in [-0.3, -0.25) is 0 Å². The normalized spacial score (nSPS) is 24.0. The van der Waals surface area contributed by atoms with E-state index in [4.69, 9.17) is 0 Å². The van der Waals surface area contributed by atoms with Gasteiger partial charge in [0.1, 0.15) is 0 Å². The zero-order valence-corrected chi connectivity index (χ0v) is 9.02. The van der Waals surface area contributed by atoms with E-state index in [0.29, 0.717) is 0 Å². The van der Waals surface area contributed by atoms with E-state index < -0.39 is 40.4 Å². The quantitative estimate of drug-likeness (QED) is 0.568. The summed E-state index contributed by atoms with van der Waals surface area (Å²) >= 11 is -0.412. The summed E-state index contributed by atoms with van der Waals surface area (Å²) in [5.41, 5.74) is 0. The Kier molecular flexibility index (Phi) is 3.19. The van der Waals surface area contributed by atoms with Crippen molar-refractivity contribution >= 4 is 11.8 Å². The summed E-state index contributed by atoms with van der Waals surface area (Å²) in [5, 5.41) is -1.87. The number of thioether (sulfide) groups is 1. The maximum absolute atomic E-state index is 12.4. The molecule has 0 unspecified atom stereocenters. The van der Waals surface area contributed by atoms with Gasteiger partial charge in [-0.1, -0.05) is 11.8 Å². The summed E-state index contributed by atoms with van der Waals surface area (Å²) in [6.45, 7) is 0. The smallest absolute Gasteiger partial charge is 0.345 e. The van der Waals surface area contributed by atoms with E-state index in [0.717, 1.165) is 14.2 Å². The Morgan fingerprint density at radius 2 is 1.25 bits per heavy atom. The van der Waals surface area contributed by atoms with Gasteiger partial charge in [0.2, 0.25) is 9.87 Å². The van der Waals surface area contributed by atoms with Crippen LogP contribution in [0.1, 0.15) is 6.42 Å². The lowest BCUT2D eigenvalue weighted by Crippen LogP contribution is -2.67. The number of hydrogen-bond donors (Lipinski definition) is 0. The summed E-state index contributed by atoms with van der Waals surface area (Å²) in [6, 6.07) is 0. The number of rotatable bonds is 2. The molecule has 1 aliphatic rings. The molecule has 0 bridgehead atoms. The minimum atomic E-state index is -5.39. The SMILES string of the molecule is COC1(OC)CC(C(F)(F)F)(C(F)(F)F)S1. The molecule has 0 N–H and O–H groups in total. The number of methoxy groups -OCH3 is 2. The van der Waals surface area contributed by atoms with Crippen LogP contribution < -0.4 is 0 Å². The van der Waals surface area contributed by atoms with Crippen LogP contribution in [0.5, 0.6) is 0 Å². The molecule has 0 aliphatic carbocycles. The molecular weight excluding hydrogens is 262 g/mol. The first-order valence-corrected chi connectivity index (χ1v) is 4.79. The van der Waals surface area contributed by atoms with Crippen molar-refractivity contribution in [3.8, 4) is 0 Å². The van der Waals surface area contributed by atoms with E-state index in [1.807, 2.05) is 0 Å². The fraction of sp³-hybridized carbons (Fsp3) is 1.00. The molecule has 2 nitrogen and oxygen atoms in total. The Morgan fingerprint density at radius 1 is 0.938 bits per heavy atom. The number of hydrogen-bond acceptors (Lipinski definition) is 3. The van der Waals surface area contributed by atoms with Crippen molar-refractivity contribution in [2.75, 3.05) is 14.2 Å². The van der Waals surface area contributed by atoms with Gasteiger partial charge >= 0.3 is 12.4 Å². The topological polar surface area (TPSA) is 18.5 Å². The van der Waals surface area contributed by atoms with Crippen LogP contribution in [0.25, 0.3) is 0 Å². The second kappa shape index (κ2) is 3.67. The van der Waals surface area contributed by atoms with Crippen molar-refractivity contribution in [3.63, 3.8) is 0 Å². The van der Waals surface area contributed by atoms with Crippen LogP contribution in [-0.4, -0.2) is 36.4 Å². The van der Waals surface area contributed by atoms with Gasteiger partial charge in [0, 0.05) is 20.6 Å². The molecule has 1 heterocycles. The Labute approximate surface area is 91.3 Å². The Bertz CT molecular complexity index is 245. The molecule has 16 heavy (non-hydrogen) atoms. The molecule has 1 saturated heterocycles. The largest absolute Gasteiger partial charge is 0.412 e. The summed E-state index contributed by atoms with van der Waals surface area (Å²) in [5.74, 6) is 0. The molecule has 96 valence electrons. The molecule has 0 atom stereocenters. The predicted molar refractivity (Wildman–Crippen MR) is 43.8 cm³/mol. The average Bonchev–Trinajstić information content (AvgIpc) is 1.99. The van der Waals surface area contributed by atoms with Crippen LogP contribution in [0.3, 0.4) is 0 Å². The van der Waals surface area contributed by atoms with Crippen LogP contribution in [0.15, 0.2) is 0 Å². The van der Waals surface area contributed by atoms with E-state index in [1.54, 1.807) is 0 Å². The fourth-order valence-corrected chi connectivity index (χ4v) is 2.58. The van der Waals surface area contributed by atoms with Gasteiger partial charge in [0.05, 0.1) is 0 Å². The molecule has 0 radical (unpaired) electrons.